The summed E-state index contributed by atoms with van der Waals surface area (Å²) in [4.78, 5) is 0. The van der Waals surface area contributed by atoms with Gasteiger partial charge >= 0.3 is 0 Å². The van der Waals surface area contributed by atoms with Crippen LogP contribution in [-0.4, -0.2) is 23.0 Å². The maximum Gasteiger partial charge on any atom is 0.129 e. The highest BCUT2D eigenvalue weighted by Crippen LogP contribution is 2.38. The second-order valence-electron chi connectivity index (χ2n) is 5.17. The zero-order chi connectivity index (χ0) is 14.1. The van der Waals surface area contributed by atoms with Gasteiger partial charge in [0.05, 0.1) is 5.69 Å². The van der Waals surface area contributed by atoms with Crippen molar-refractivity contribution in [2.45, 2.75) is 18.8 Å². The molecule has 2 aromatic rings. The number of nitrogens with zero attached hydrogens (tertiary/aromatic N) is 2. The maximum atomic E-state index is 6.22. The van der Waals surface area contributed by atoms with Gasteiger partial charge in [-0.2, -0.15) is 5.10 Å². The van der Waals surface area contributed by atoms with Crippen LogP contribution < -0.4 is 5.73 Å². The largest absolute Gasteiger partial charge is 0.383 e. The van der Waals surface area contributed by atoms with E-state index < -0.39 is 0 Å². The molecule has 2 N–H and O–H groups in total. The molecule has 0 radical (unpaired) electrons. The molecule has 106 valence electrons. The molecule has 2 heterocycles. The van der Waals surface area contributed by atoms with Crippen molar-refractivity contribution in [3.8, 4) is 11.1 Å². The van der Waals surface area contributed by atoms with E-state index in [0.29, 0.717) is 16.8 Å². The van der Waals surface area contributed by atoms with Crippen molar-refractivity contribution in [2.24, 2.45) is 7.05 Å². The van der Waals surface area contributed by atoms with Crippen molar-refractivity contribution < 1.29 is 4.74 Å². The minimum absolute atomic E-state index is 0.404. The van der Waals surface area contributed by atoms with Crippen LogP contribution in [-0.2, 0) is 11.8 Å². The first-order valence-corrected chi connectivity index (χ1v) is 7.20. The number of hydrogen-bond acceptors (Lipinski definition) is 3. The molecular formula is C15H18ClN3O. The van der Waals surface area contributed by atoms with Crippen molar-refractivity contribution >= 4 is 17.4 Å². The lowest BCUT2D eigenvalue weighted by Gasteiger charge is -2.21. The summed E-state index contributed by atoms with van der Waals surface area (Å²) in [5, 5.41) is 5.34. The van der Waals surface area contributed by atoms with Crippen LogP contribution in [0.1, 0.15) is 24.5 Å². The predicted molar refractivity (Wildman–Crippen MR) is 80.9 cm³/mol. The Balaban J connectivity index is 2.09. The standard InChI is InChI=1S/C15H18ClN3O/c1-19-15(17)13(11-3-2-4-12(16)9-11)14(18-19)10-5-7-20-8-6-10/h2-4,9-10H,5-8,17H2,1H3. The zero-order valence-electron chi connectivity index (χ0n) is 11.5. The second-order valence-corrected chi connectivity index (χ2v) is 5.60. The van der Waals surface area contributed by atoms with Crippen LogP contribution in [0.2, 0.25) is 5.02 Å². The van der Waals surface area contributed by atoms with Gasteiger partial charge in [0.2, 0.25) is 0 Å². The maximum absolute atomic E-state index is 6.22. The molecule has 20 heavy (non-hydrogen) atoms. The fourth-order valence-electron chi connectivity index (χ4n) is 2.76. The van der Waals surface area contributed by atoms with Crippen molar-refractivity contribution in [3.63, 3.8) is 0 Å². The van der Waals surface area contributed by atoms with E-state index in [4.69, 9.17) is 22.1 Å². The number of nitrogen functional groups attached to an aromatic ring is 1. The predicted octanol–water partition coefficient (Wildman–Crippen LogP) is 3.22. The van der Waals surface area contributed by atoms with Crippen LogP contribution >= 0.6 is 11.6 Å². The summed E-state index contributed by atoms with van der Waals surface area (Å²) in [6, 6.07) is 7.78. The van der Waals surface area contributed by atoms with Crippen LogP contribution in [0.5, 0.6) is 0 Å². The summed E-state index contributed by atoms with van der Waals surface area (Å²) in [5.41, 5.74) is 9.33. The summed E-state index contributed by atoms with van der Waals surface area (Å²) in [5.74, 6) is 1.09. The number of nitrogens with two attached hydrogens (primary N) is 1. The van der Waals surface area contributed by atoms with Gasteiger partial charge in [-0.1, -0.05) is 23.7 Å². The van der Waals surface area contributed by atoms with Crippen LogP contribution in [0.15, 0.2) is 24.3 Å². The molecule has 5 heteroatoms. The van der Waals surface area contributed by atoms with E-state index in [1.165, 1.54) is 0 Å². The molecule has 0 spiro atoms. The molecule has 3 rings (SSSR count). The van der Waals surface area contributed by atoms with Crippen molar-refractivity contribution in [2.75, 3.05) is 18.9 Å². The van der Waals surface area contributed by atoms with E-state index in [-0.39, 0.29) is 0 Å². The number of halogens is 1. The van der Waals surface area contributed by atoms with E-state index >= 15 is 0 Å². The number of aromatic nitrogens is 2. The Bertz CT molecular complexity index is 618. The van der Waals surface area contributed by atoms with Gasteiger partial charge in [0.25, 0.3) is 0 Å². The Morgan fingerprint density at radius 1 is 1.35 bits per heavy atom. The van der Waals surface area contributed by atoms with Crippen LogP contribution in [0.25, 0.3) is 11.1 Å². The summed E-state index contributed by atoms with van der Waals surface area (Å²) >= 11 is 6.10. The first-order valence-electron chi connectivity index (χ1n) is 6.83. The van der Waals surface area contributed by atoms with Gasteiger partial charge in [0.15, 0.2) is 0 Å². The summed E-state index contributed by atoms with van der Waals surface area (Å²) in [6.07, 6.45) is 1.98. The smallest absolute Gasteiger partial charge is 0.129 e. The number of hydrogen-bond donors (Lipinski definition) is 1. The highest BCUT2D eigenvalue weighted by Gasteiger charge is 2.25. The van der Waals surface area contributed by atoms with Gasteiger partial charge in [-0.05, 0) is 30.5 Å². The molecule has 0 amide bonds. The molecule has 1 fully saturated rings. The summed E-state index contributed by atoms with van der Waals surface area (Å²) in [7, 11) is 1.88. The quantitative estimate of drug-likeness (QED) is 0.924. The fourth-order valence-corrected chi connectivity index (χ4v) is 2.95. The summed E-state index contributed by atoms with van der Waals surface area (Å²) in [6.45, 7) is 1.58. The number of benzene rings is 1. The normalized spacial score (nSPS) is 16.5. The highest BCUT2D eigenvalue weighted by atomic mass is 35.5. The van der Waals surface area contributed by atoms with Crippen molar-refractivity contribution in [1.29, 1.82) is 0 Å². The molecule has 0 saturated carbocycles. The van der Waals surface area contributed by atoms with Crippen LogP contribution in [0.4, 0.5) is 5.82 Å². The minimum atomic E-state index is 0.404. The monoisotopic (exact) mass is 291 g/mol. The highest BCUT2D eigenvalue weighted by molar-refractivity contribution is 6.30. The average Bonchev–Trinajstić information content (AvgIpc) is 2.76. The average molecular weight is 292 g/mol. The fraction of sp³-hybridized carbons (Fsp3) is 0.400. The van der Waals surface area contributed by atoms with E-state index in [2.05, 4.69) is 5.10 Å². The lowest BCUT2D eigenvalue weighted by molar-refractivity contribution is 0.0845. The third-order valence-corrected chi connectivity index (χ3v) is 4.08. The molecule has 0 bridgehead atoms. The molecule has 4 nitrogen and oxygen atoms in total. The molecule has 1 saturated heterocycles. The first kappa shape index (κ1) is 13.5. The lowest BCUT2D eigenvalue weighted by Crippen LogP contribution is -2.15. The summed E-state index contributed by atoms with van der Waals surface area (Å²) < 4.78 is 7.19. The van der Waals surface area contributed by atoms with Gasteiger partial charge in [-0.25, -0.2) is 0 Å². The van der Waals surface area contributed by atoms with Crippen LogP contribution in [0.3, 0.4) is 0 Å². The van der Waals surface area contributed by atoms with Crippen molar-refractivity contribution in [3.05, 3.63) is 35.0 Å². The van der Waals surface area contributed by atoms with Crippen LogP contribution in [0, 0.1) is 0 Å². The zero-order valence-corrected chi connectivity index (χ0v) is 12.2. The van der Waals surface area contributed by atoms with Gasteiger partial charge < -0.3 is 10.5 Å². The number of rotatable bonds is 2. The van der Waals surface area contributed by atoms with Gasteiger partial charge in [-0.15, -0.1) is 0 Å². The third kappa shape index (κ3) is 2.41. The Hall–Kier alpha value is -1.52. The molecule has 1 aromatic heterocycles. The number of ether oxygens (including phenoxy) is 1. The SMILES string of the molecule is Cn1nc(C2CCOCC2)c(-c2cccc(Cl)c2)c1N. The molecule has 1 aromatic carbocycles. The molecular weight excluding hydrogens is 274 g/mol. The second kappa shape index (κ2) is 5.46. The van der Waals surface area contributed by atoms with E-state index in [9.17, 15) is 0 Å². The Morgan fingerprint density at radius 3 is 2.80 bits per heavy atom. The molecule has 1 aliphatic rings. The van der Waals surface area contributed by atoms with E-state index in [1.54, 1.807) is 4.68 Å². The third-order valence-electron chi connectivity index (χ3n) is 3.84. The van der Waals surface area contributed by atoms with Gasteiger partial charge in [0.1, 0.15) is 5.82 Å². The minimum Gasteiger partial charge on any atom is -0.383 e. The molecule has 1 aliphatic heterocycles. The topological polar surface area (TPSA) is 53.1 Å². The van der Waals surface area contributed by atoms with E-state index in [0.717, 1.165) is 42.9 Å². The number of aryl methyl sites for hydroxylation is 1. The molecule has 0 aliphatic carbocycles. The Labute approximate surface area is 123 Å². The lowest BCUT2D eigenvalue weighted by atomic mass is 9.91. The van der Waals surface area contributed by atoms with Gasteiger partial charge in [0, 0.05) is 36.8 Å². The Morgan fingerprint density at radius 2 is 2.10 bits per heavy atom. The van der Waals surface area contributed by atoms with Crippen molar-refractivity contribution in [1.82, 2.24) is 9.78 Å². The number of anilines is 1. The molecule has 0 unspecified atom stereocenters. The first-order chi connectivity index (χ1) is 9.66. The molecule has 0 atom stereocenters. The van der Waals surface area contributed by atoms with E-state index in [1.807, 2.05) is 31.3 Å². The Kier molecular flexibility index (Phi) is 3.68. The van der Waals surface area contributed by atoms with Gasteiger partial charge in [-0.3, -0.25) is 4.68 Å².